The molecule has 2 amide bonds. The molecule has 1 aliphatic rings. The van der Waals surface area contributed by atoms with Gasteiger partial charge in [0.25, 0.3) is 11.8 Å². The summed E-state index contributed by atoms with van der Waals surface area (Å²) in [5.74, 6) is 0.0134. The SMILES string of the molecule is CCc1noc(C)c1C(=O)Nc1ccccc1C(=O)NC1CCCC1. The van der Waals surface area contributed by atoms with E-state index in [9.17, 15) is 9.59 Å². The zero-order valence-corrected chi connectivity index (χ0v) is 14.6. The van der Waals surface area contributed by atoms with Crippen LogP contribution in [0.25, 0.3) is 0 Å². The Morgan fingerprint density at radius 2 is 1.92 bits per heavy atom. The van der Waals surface area contributed by atoms with E-state index in [1.807, 2.05) is 6.92 Å². The molecule has 1 heterocycles. The zero-order valence-electron chi connectivity index (χ0n) is 14.6. The van der Waals surface area contributed by atoms with E-state index in [1.54, 1.807) is 31.2 Å². The van der Waals surface area contributed by atoms with Crippen molar-refractivity contribution in [1.82, 2.24) is 10.5 Å². The molecule has 1 aromatic carbocycles. The first kappa shape index (κ1) is 17.2. The van der Waals surface area contributed by atoms with Crippen LogP contribution in [0.2, 0.25) is 0 Å². The van der Waals surface area contributed by atoms with Crippen LogP contribution in [0, 0.1) is 6.92 Å². The number of carbonyl (C=O) groups excluding carboxylic acids is 2. The molecule has 0 aliphatic heterocycles. The summed E-state index contributed by atoms with van der Waals surface area (Å²) in [5.41, 5.74) is 2.01. The number of nitrogens with zero attached hydrogens (tertiary/aromatic N) is 1. The second-order valence-corrected chi connectivity index (χ2v) is 6.37. The Morgan fingerprint density at radius 3 is 2.64 bits per heavy atom. The molecule has 25 heavy (non-hydrogen) atoms. The van der Waals surface area contributed by atoms with Crippen LogP contribution < -0.4 is 10.6 Å². The van der Waals surface area contributed by atoms with Gasteiger partial charge in [0.2, 0.25) is 0 Å². The Labute approximate surface area is 147 Å². The van der Waals surface area contributed by atoms with E-state index in [2.05, 4.69) is 15.8 Å². The molecule has 3 rings (SSSR count). The lowest BCUT2D eigenvalue weighted by molar-refractivity contribution is 0.0939. The van der Waals surface area contributed by atoms with Crippen molar-refractivity contribution in [3.05, 3.63) is 46.8 Å². The molecule has 6 heteroatoms. The minimum Gasteiger partial charge on any atom is -0.361 e. The lowest BCUT2D eigenvalue weighted by atomic mass is 10.1. The van der Waals surface area contributed by atoms with E-state index in [0.717, 1.165) is 25.7 Å². The van der Waals surface area contributed by atoms with Crippen molar-refractivity contribution < 1.29 is 14.1 Å². The molecule has 2 aromatic rings. The van der Waals surface area contributed by atoms with Gasteiger partial charge in [-0.2, -0.15) is 0 Å². The number of aryl methyl sites for hydroxylation is 2. The molecule has 2 N–H and O–H groups in total. The molecule has 0 radical (unpaired) electrons. The number of carbonyl (C=O) groups is 2. The number of anilines is 1. The van der Waals surface area contributed by atoms with Crippen molar-refractivity contribution in [2.24, 2.45) is 0 Å². The van der Waals surface area contributed by atoms with E-state index < -0.39 is 0 Å². The van der Waals surface area contributed by atoms with Crippen molar-refractivity contribution in [3.63, 3.8) is 0 Å². The van der Waals surface area contributed by atoms with Gasteiger partial charge in [-0.25, -0.2) is 0 Å². The van der Waals surface area contributed by atoms with Gasteiger partial charge in [-0.05, 0) is 38.3 Å². The van der Waals surface area contributed by atoms with Gasteiger partial charge in [0.05, 0.1) is 16.9 Å². The second-order valence-electron chi connectivity index (χ2n) is 6.37. The van der Waals surface area contributed by atoms with Crippen LogP contribution in [0.3, 0.4) is 0 Å². The molecular formula is C19H23N3O3. The predicted octanol–water partition coefficient (Wildman–Crippen LogP) is 3.47. The molecular weight excluding hydrogens is 318 g/mol. The van der Waals surface area contributed by atoms with E-state index in [-0.39, 0.29) is 17.9 Å². The van der Waals surface area contributed by atoms with E-state index in [4.69, 9.17) is 4.52 Å². The third kappa shape index (κ3) is 3.73. The number of aromatic nitrogens is 1. The number of hydrogen-bond donors (Lipinski definition) is 2. The maximum atomic E-state index is 12.7. The Morgan fingerprint density at radius 1 is 1.20 bits per heavy atom. The van der Waals surface area contributed by atoms with Crippen LogP contribution in [-0.2, 0) is 6.42 Å². The van der Waals surface area contributed by atoms with Gasteiger partial charge in [0.1, 0.15) is 11.3 Å². The van der Waals surface area contributed by atoms with Crippen LogP contribution >= 0.6 is 0 Å². The number of rotatable bonds is 5. The Kier molecular flexibility index (Phi) is 5.16. The fraction of sp³-hybridized carbons (Fsp3) is 0.421. The highest BCUT2D eigenvalue weighted by atomic mass is 16.5. The van der Waals surface area contributed by atoms with Crippen LogP contribution in [-0.4, -0.2) is 23.0 Å². The zero-order chi connectivity index (χ0) is 17.8. The maximum absolute atomic E-state index is 12.7. The highest BCUT2D eigenvalue weighted by molar-refractivity contribution is 6.09. The minimum absolute atomic E-state index is 0.152. The molecule has 0 spiro atoms. The molecule has 1 fully saturated rings. The van der Waals surface area contributed by atoms with Gasteiger partial charge in [-0.1, -0.05) is 37.1 Å². The summed E-state index contributed by atoms with van der Waals surface area (Å²) in [6.07, 6.45) is 4.93. The van der Waals surface area contributed by atoms with Crippen molar-refractivity contribution in [1.29, 1.82) is 0 Å². The summed E-state index contributed by atoms with van der Waals surface area (Å²) in [4.78, 5) is 25.2. The first-order chi connectivity index (χ1) is 12.1. The van der Waals surface area contributed by atoms with E-state index in [0.29, 0.717) is 34.7 Å². The molecule has 6 nitrogen and oxygen atoms in total. The summed E-state index contributed by atoms with van der Waals surface area (Å²) in [7, 11) is 0. The second kappa shape index (κ2) is 7.51. The van der Waals surface area contributed by atoms with E-state index >= 15 is 0 Å². The smallest absolute Gasteiger partial charge is 0.261 e. The monoisotopic (exact) mass is 341 g/mol. The maximum Gasteiger partial charge on any atom is 0.261 e. The third-order valence-corrected chi connectivity index (χ3v) is 4.61. The van der Waals surface area contributed by atoms with Gasteiger partial charge < -0.3 is 15.2 Å². The molecule has 0 bridgehead atoms. The summed E-state index contributed by atoms with van der Waals surface area (Å²) in [6.45, 7) is 3.62. The summed E-state index contributed by atoms with van der Waals surface area (Å²) < 4.78 is 5.12. The molecule has 132 valence electrons. The van der Waals surface area contributed by atoms with Gasteiger partial charge in [0, 0.05) is 6.04 Å². The first-order valence-corrected chi connectivity index (χ1v) is 8.76. The Balaban J connectivity index is 1.79. The number of nitrogens with one attached hydrogen (secondary N) is 2. The summed E-state index contributed by atoms with van der Waals surface area (Å²) in [5, 5.41) is 9.80. The fourth-order valence-electron chi connectivity index (χ4n) is 3.26. The van der Waals surface area contributed by atoms with Gasteiger partial charge in [-0.15, -0.1) is 0 Å². The molecule has 0 atom stereocenters. The average Bonchev–Trinajstić information content (AvgIpc) is 3.24. The first-order valence-electron chi connectivity index (χ1n) is 8.76. The van der Waals surface area contributed by atoms with Crippen LogP contribution in [0.1, 0.15) is 64.8 Å². The van der Waals surface area contributed by atoms with Gasteiger partial charge >= 0.3 is 0 Å². The van der Waals surface area contributed by atoms with Gasteiger partial charge in [0.15, 0.2) is 0 Å². The molecule has 1 aliphatic carbocycles. The number of para-hydroxylation sites is 1. The number of benzene rings is 1. The lowest BCUT2D eigenvalue weighted by Gasteiger charge is -2.15. The van der Waals surface area contributed by atoms with Crippen molar-refractivity contribution >= 4 is 17.5 Å². The van der Waals surface area contributed by atoms with Crippen LogP contribution in [0.4, 0.5) is 5.69 Å². The van der Waals surface area contributed by atoms with Crippen molar-refractivity contribution in [2.45, 2.75) is 52.0 Å². The molecule has 1 saturated carbocycles. The van der Waals surface area contributed by atoms with Gasteiger partial charge in [-0.3, -0.25) is 9.59 Å². The topological polar surface area (TPSA) is 84.2 Å². The predicted molar refractivity (Wildman–Crippen MR) is 94.7 cm³/mol. The summed E-state index contributed by atoms with van der Waals surface area (Å²) >= 11 is 0. The minimum atomic E-state index is -0.309. The number of hydrogen-bond acceptors (Lipinski definition) is 4. The van der Waals surface area contributed by atoms with E-state index in [1.165, 1.54) is 0 Å². The molecule has 0 saturated heterocycles. The number of amides is 2. The van der Waals surface area contributed by atoms with Crippen LogP contribution in [0.5, 0.6) is 0 Å². The highest BCUT2D eigenvalue weighted by Crippen LogP contribution is 2.22. The normalized spacial score (nSPS) is 14.5. The quantitative estimate of drug-likeness (QED) is 0.872. The fourth-order valence-corrected chi connectivity index (χ4v) is 3.26. The molecule has 0 unspecified atom stereocenters. The summed E-state index contributed by atoms with van der Waals surface area (Å²) in [6, 6.07) is 7.27. The Bertz CT molecular complexity index is 776. The average molecular weight is 341 g/mol. The largest absolute Gasteiger partial charge is 0.361 e. The standard InChI is InChI=1S/C19H23N3O3/c1-3-15-17(12(2)25-22-15)19(24)21-16-11-7-6-10-14(16)18(23)20-13-8-4-5-9-13/h6-7,10-11,13H,3-5,8-9H2,1-2H3,(H,20,23)(H,21,24). The molecule has 1 aromatic heterocycles. The Hall–Kier alpha value is -2.63. The highest BCUT2D eigenvalue weighted by Gasteiger charge is 2.23. The van der Waals surface area contributed by atoms with Crippen molar-refractivity contribution in [2.75, 3.05) is 5.32 Å². The van der Waals surface area contributed by atoms with Crippen LogP contribution in [0.15, 0.2) is 28.8 Å². The van der Waals surface area contributed by atoms with Crippen molar-refractivity contribution in [3.8, 4) is 0 Å². The third-order valence-electron chi connectivity index (χ3n) is 4.61. The lowest BCUT2D eigenvalue weighted by Crippen LogP contribution is -2.33.